The first-order chi connectivity index (χ1) is 10.2. The Kier molecular flexibility index (Phi) is 5.72. The summed E-state index contributed by atoms with van der Waals surface area (Å²) in [5, 5.41) is 13.6. The van der Waals surface area contributed by atoms with E-state index in [0.717, 1.165) is 11.4 Å². The standard InChI is InChI=1S/C16H18ClNO3/c1-20-16-8-7-12(17)9-15(16)18-10-13(19)11-21-14-5-3-2-4-6-14/h2-9,13,18-19H,10-11H2,1H3. The molecule has 0 saturated heterocycles. The zero-order chi connectivity index (χ0) is 15.1. The normalized spacial score (nSPS) is 11.8. The van der Waals surface area contributed by atoms with Crippen LogP contribution in [-0.4, -0.2) is 31.5 Å². The highest BCUT2D eigenvalue weighted by Gasteiger charge is 2.08. The first-order valence-corrected chi connectivity index (χ1v) is 7.00. The summed E-state index contributed by atoms with van der Waals surface area (Å²) < 4.78 is 10.7. The smallest absolute Gasteiger partial charge is 0.142 e. The van der Waals surface area contributed by atoms with Gasteiger partial charge in [0.25, 0.3) is 0 Å². The summed E-state index contributed by atoms with van der Waals surface area (Å²) in [6, 6.07) is 14.7. The van der Waals surface area contributed by atoms with E-state index in [1.165, 1.54) is 0 Å². The predicted octanol–water partition coefficient (Wildman–Crippen LogP) is 3.20. The molecule has 0 spiro atoms. The van der Waals surface area contributed by atoms with Crippen molar-refractivity contribution in [3.63, 3.8) is 0 Å². The molecule has 0 aliphatic rings. The molecule has 4 nitrogen and oxygen atoms in total. The number of hydrogen-bond donors (Lipinski definition) is 2. The van der Waals surface area contributed by atoms with E-state index in [1.54, 1.807) is 25.3 Å². The lowest BCUT2D eigenvalue weighted by Crippen LogP contribution is -2.26. The van der Waals surface area contributed by atoms with Gasteiger partial charge >= 0.3 is 0 Å². The Morgan fingerprint density at radius 3 is 2.67 bits per heavy atom. The van der Waals surface area contributed by atoms with Crippen LogP contribution in [0.5, 0.6) is 11.5 Å². The molecule has 1 atom stereocenters. The fourth-order valence-electron chi connectivity index (χ4n) is 1.81. The molecular weight excluding hydrogens is 290 g/mol. The third kappa shape index (κ3) is 4.85. The highest BCUT2D eigenvalue weighted by molar-refractivity contribution is 6.30. The molecule has 5 heteroatoms. The Morgan fingerprint density at radius 2 is 1.95 bits per heavy atom. The van der Waals surface area contributed by atoms with Crippen LogP contribution >= 0.6 is 11.6 Å². The number of methoxy groups -OCH3 is 1. The van der Waals surface area contributed by atoms with Crippen LogP contribution in [0, 0.1) is 0 Å². The number of hydrogen-bond acceptors (Lipinski definition) is 4. The van der Waals surface area contributed by atoms with Gasteiger partial charge in [-0.15, -0.1) is 0 Å². The van der Waals surface area contributed by atoms with Gasteiger partial charge in [-0.1, -0.05) is 29.8 Å². The Labute approximate surface area is 129 Å². The molecule has 0 fully saturated rings. The molecule has 2 N–H and O–H groups in total. The summed E-state index contributed by atoms with van der Waals surface area (Å²) in [6.07, 6.45) is -0.645. The van der Waals surface area contributed by atoms with Crippen molar-refractivity contribution in [3.8, 4) is 11.5 Å². The number of rotatable bonds is 7. The van der Waals surface area contributed by atoms with E-state index < -0.39 is 6.10 Å². The molecule has 0 amide bonds. The Hall–Kier alpha value is -1.91. The first-order valence-electron chi connectivity index (χ1n) is 6.62. The topological polar surface area (TPSA) is 50.7 Å². The largest absolute Gasteiger partial charge is 0.495 e. The van der Waals surface area contributed by atoms with Crippen molar-refractivity contribution in [1.29, 1.82) is 0 Å². The maximum absolute atomic E-state index is 9.94. The van der Waals surface area contributed by atoms with Gasteiger partial charge in [-0.3, -0.25) is 0 Å². The van der Waals surface area contributed by atoms with E-state index >= 15 is 0 Å². The van der Waals surface area contributed by atoms with Gasteiger partial charge in [0.2, 0.25) is 0 Å². The number of halogens is 1. The van der Waals surface area contributed by atoms with Gasteiger partial charge < -0.3 is 19.9 Å². The number of nitrogens with one attached hydrogen (secondary N) is 1. The third-order valence-corrected chi connectivity index (χ3v) is 3.11. The van der Waals surface area contributed by atoms with Crippen molar-refractivity contribution in [2.75, 3.05) is 25.6 Å². The second-order valence-electron chi connectivity index (χ2n) is 4.50. The Balaban J connectivity index is 1.84. The molecule has 2 aromatic carbocycles. The first kappa shape index (κ1) is 15.5. The minimum absolute atomic E-state index is 0.208. The van der Waals surface area contributed by atoms with E-state index in [-0.39, 0.29) is 6.61 Å². The van der Waals surface area contributed by atoms with Gasteiger partial charge in [-0.2, -0.15) is 0 Å². The molecule has 2 aromatic rings. The molecule has 21 heavy (non-hydrogen) atoms. The second-order valence-corrected chi connectivity index (χ2v) is 4.94. The van der Waals surface area contributed by atoms with E-state index in [2.05, 4.69) is 5.32 Å². The maximum Gasteiger partial charge on any atom is 0.142 e. The van der Waals surface area contributed by atoms with Crippen LogP contribution in [0.15, 0.2) is 48.5 Å². The van der Waals surface area contributed by atoms with E-state index in [9.17, 15) is 5.11 Å². The van der Waals surface area contributed by atoms with Crippen LogP contribution in [0.2, 0.25) is 5.02 Å². The summed E-state index contributed by atoms with van der Waals surface area (Å²) in [5.74, 6) is 1.41. The van der Waals surface area contributed by atoms with Gasteiger partial charge in [0, 0.05) is 11.6 Å². The van der Waals surface area contributed by atoms with Crippen LogP contribution in [0.4, 0.5) is 5.69 Å². The molecular formula is C16H18ClNO3. The average molecular weight is 308 g/mol. The summed E-state index contributed by atoms with van der Waals surface area (Å²) in [6.45, 7) is 0.545. The molecule has 0 aromatic heterocycles. The van der Waals surface area contributed by atoms with Gasteiger partial charge in [0.1, 0.15) is 24.2 Å². The number of anilines is 1. The van der Waals surface area contributed by atoms with Crippen molar-refractivity contribution < 1.29 is 14.6 Å². The monoisotopic (exact) mass is 307 g/mol. The van der Waals surface area contributed by atoms with Crippen molar-refractivity contribution in [2.24, 2.45) is 0 Å². The third-order valence-electron chi connectivity index (χ3n) is 2.88. The quantitative estimate of drug-likeness (QED) is 0.825. The Morgan fingerprint density at radius 1 is 1.19 bits per heavy atom. The fourth-order valence-corrected chi connectivity index (χ4v) is 1.99. The van der Waals surface area contributed by atoms with Crippen LogP contribution in [0.3, 0.4) is 0 Å². The van der Waals surface area contributed by atoms with Crippen molar-refractivity contribution in [2.45, 2.75) is 6.10 Å². The van der Waals surface area contributed by atoms with Crippen molar-refractivity contribution >= 4 is 17.3 Å². The summed E-state index contributed by atoms with van der Waals surface area (Å²) in [4.78, 5) is 0. The summed E-state index contributed by atoms with van der Waals surface area (Å²) in [5.41, 5.74) is 0.740. The van der Waals surface area contributed by atoms with Crippen molar-refractivity contribution in [1.82, 2.24) is 0 Å². The lowest BCUT2D eigenvalue weighted by atomic mass is 10.2. The van der Waals surface area contributed by atoms with Gasteiger partial charge in [-0.05, 0) is 30.3 Å². The number of ether oxygens (including phenoxy) is 2. The highest BCUT2D eigenvalue weighted by atomic mass is 35.5. The lowest BCUT2D eigenvalue weighted by molar-refractivity contribution is 0.117. The molecule has 0 aliphatic heterocycles. The number of aliphatic hydroxyl groups is 1. The summed E-state index contributed by atoms with van der Waals surface area (Å²) >= 11 is 5.95. The van der Waals surface area contributed by atoms with Crippen molar-refractivity contribution in [3.05, 3.63) is 53.6 Å². The average Bonchev–Trinajstić information content (AvgIpc) is 2.52. The molecule has 1 unspecified atom stereocenters. The molecule has 2 rings (SSSR count). The van der Waals surface area contributed by atoms with Crippen LogP contribution in [0.25, 0.3) is 0 Å². The highest BCUT2D eigenvalue weighted by Crippen LogP contribution is 2.27. The molecule has 112 valence electrons. The molecule has 0 radical (unpaired) electrons. The zero-order valence-electron chi connectivity index (χ0n) is 11.8. The predicted molar refractivity (Wildman–Crippen MR) is 84.4 cm³/mol. The molecule has 0 heterocycles. The SMILES string of the molecule is COc1ccc(Cl)cc1NCC(O)COc1ccccc1. The number of para-hydroxylation sites is 1. The van der Waals surface area contributed by atoms with E-state index in [0.29, 0.717) is 17.3 Å². The van der Waals surface area contributed by atoms with Gasteiger partial charge in [0.05, 0.1) is 12.8 Å². The minimum atomic E-state index is -0.645. The maximum atomic E-state index is 9.94. The molecule has 0 saturated carbocycles. The molecule has 0 aliphatic carbocycles. The van der Waals surface area contributed by atoms with E-state index in [4.69, 9.17) is 21.1 Å². The number of aliphatic hydroxyl groups excluding tert-OH is 1. The summed E-state index contributed by atoms with van der Waals surface area (Å²) in [7, 11) is 1.59. The second kappa shape index (κ2) is 7.76. The van der Waals surface area contributed by atoms with Crippen LogP contribution in [0.1, 0.15) is 0 Å². The van der Waals surface area contributed by atoms with Crippen LogP contribution in [-0.2, 0) is 0 Å². The number of benzene rings is 2. The lowest BCUT2D eigenvalue weighted by Gasteiger charge is -2.16. The Bertz CT molecular complexity index is 563. The van der Waals surface area contributed by atoms with E-state index in [1.807, 2.05) is 30.3 Å². The van der Waals surface area contributed by atoms with Crippen LogP contribution < -0.4 is 14.8 Å². The van der Waals surface area contributed by atoms with Gasteiger partial charge in [0.15, 0.2) is 0 Å². The van der Waals surface area contributed by atoms with Gasteiger partial charge in [-0.25, -0.2) is 0 Å². The fraction of sp³-hybridized carbons (Fsp3) is 0.250. The molecule has 0 bridgehead atoms. The minimum Gasteiger partial charge on any atom is -0.495 e. The zero-order valence-corrected chi connectivity index (χ0v) is 12.5.